The average molecular weight is 263 g/mol. The minimum Gasteiger partial charge on any atom is -0.384 e. The van der Waals surface area contributed by atoms with Crippen LogP contribution >= 0.6 is 0 Å². The van der Waals surface area contributed by atoms with Crippen molar-refractivity contribution >= 4 is 5.91 Å². The van der Waals surface area contributed by atoms with E-state index in [9.17, 15) is 9.18 Å². The van der Waals surface area contributed by atoms with E-state index in [1.54, 1.807) is 26.8 Å². The van der Waals surface area contributed by atoms with Gasteiger partial charge in [-0.25, -0.2) is 4.39 Å². The van der Waals surface area contributed by atoms with Gasteiger partial charge in [0.15, 0.2) is 0 Å². The standard InChI is InChI=1S/C15H18FNO2/c1-15(2,3)14(19)17-10-12-9-11(5-4-8-18)6-7-13(12)16/h6-7,9,18H,8,10H2,1-3H3,(H,17,19). The number of nitrogens with one attached hydrogen (secondary N) is 1. The maximum absolute atomic E-state index is 13.6. The van der Waals surface area contributed by atoms with Crippen molar-refractivity contribution in [3.8, 4) is 11.8 Å². The fraction of sp³-hybridized carbons (Fsp3) is 0.400. The van der Waals surface area contributed by atoms with E-state index in [2.05, 4.69) is 17.2 Å². The van der Waals surface area contributed by atoms with Crippen LogP contribution in [0.5, 0.6) is 0 Å². The quantitative estimate of drug-likeness (QED) is 0.800. The Kier molecular flexibility index (Phi) is 5.08. The first-order valence-corrected chi connectivity index (χ1v) is 6.01. The van der Waals surface area contributed by atoms with Crippen LogP contribution in [0.15, 0.2) is 18.2 Å². The largest absolute Gasteiger partial charge is 0.384 e. The molecule has 0 fully saturated rings. The molecule has 0 heterocycles. The van der Waals surface area contributed by atoms with Gasteiger partial charge in [0, 0.05) is 23.1 Å². The van der Waals surface area contributed by atoms with Crippen LogP contribution in [0.4, 0.5) is 4.39 Å². The highest BCUT2D eigenvalue weighted by atomic mass is 19.1. The van der Waals surface area contributed by atoms with Crippen LogP contribution in [0.2, 0.25) is 0 Å². The van der Waals surface area contributed by atoms with Crippen molar-refractivity contribution in [2.45, 2.75) is 27.3 Å². The lowest BCUT2D eigenvalue weighted by molar-refractivity contribution is -0.128. The van der Waals surface area contributed by atoms with Crippen molar-refractivity contribution < 1.29 is 14.3 Å². The third kappa shape index (κ3) is 4.72. The molecule has 0 unspecified atom stereocenters. The summed E-state index contributed by atoms with van der Waals surface area (Å²) >= 11 is 0. The monoisotopic (exact) mass is 263 g/mol. The van der Waals surface area contributed by atoms with Crippen molar-refractivity contribution in [3.05, 3.63) is 35.1 Å². The van der Waals surface area contributed by atoms with Crippen LogP contribution in [-0.4, -0.2) is 17.6 Å². The van der Waals surface area contributed by atoms with Crippen LogP contribution in [-0.2, 0) is 11.3 Å². The summed E-state index contributed by atoms with van der Waals surface area (Å²) in [4.78, 5) is 11.7. The van der Waals surface area contributed by atoms with Gasteiger partial charge >= 0.3 is 0 Å². The molecule has 0 atom stereocenters. The van der Waals surface area contributed by atoms with E-state index in [1.165, 1.54) is 12.1 Å². The molecule has 1 rings (SSSR count). The second-order valence-corrected chi connectivity index (χ2v) is 5.20. The number of amides is 1. The van der Waals surface area contributed by atoms with Crippen LogP contribution < -0.4 is 5.32 Å². The van der Waals surface area contributed by atoms with E-state index in [-0.39, 0.29) is 24.9 Å². The fourth-order valence-electron chi connectivity index (χ4n) is 1.37. The Labute approximate surface area is 112 Å². The Morgan fingerprint density at radius 1 is 1.42 bits per heavy atom. The third-order valence-electron chi connectivity index (χ3n) is 2.48. The maximum Gasteiger partial charge on any atom is 0.225 e. The Bertz CT molecular complexity index is 521. The van der Waals surface area contributed by atoms with E-state index >= 15 is 0 Å². The van der Waals surface area contributed by atoms with Gasteiger partial charge in [-0.2, -0.15) is 0 Å². The zero-order chi connectivity index (χ0) is 14.5. The predicted octanol–water partition coefficient (Wildman–Crippen LogP) is 1.83. The van der Waals surface area contributed by atoms with Crippen molar-refractivity contribution in [1.82, 2.24) is 5.32 Å². The Hall–Kier alpha value is -1.86. The highest BCUT2D eigenvalue weighted by molar-refractivity contribution is 5.81. The number of hydrogen-bond acceptors (Lipinski definition) is 2. The molecule has 19 heavy (non-hydrogen) atoms. The summed E-state index contributed by atoms with van der Waals surface area (Å²) < 4.78 is 13.6. The van der Waals surface area contributed by atoms with Gasteiger partial charge in [0.1, 0.15) is 12.4 Å². The van der Waals surface area contributed by atoms with Crippen molar-refractivity contribution in [2.24, 2.45) is 5.41 Å². The normalized spacial score (nSPS) is 10.6. The van der Waals surface area contributed by atoms with E-state index in [4.69, 9.17) is 5.11 Å². The summed E-state index contributed by atoms with van der Waals surface area (Å²) in [6, 6.07) is 4.41. The van der Waals surface area contributed by atoms with Gasteiger partial charge < -0.3 is 10.4 Å². The van der Waals surface area contributed by atoms with Crippen molar-refractivity contribution in [1.29, 1.82) is 0 Å². The molecular formula is C15H18FNO2. The molecule has 2 N–H and O–H groups in total. The molecule has 1 aromatic rings. The average Bonchev–Trinajstić information content (AvgIpc) is 2.34. The molecular weight excluding hydrogens is 245 g/mol. The first-order valence-electron chi connectivity index (χ1n) is 6.01. The number of benzene rings is 1. The SMILES string of the molecule is CC(C)(C)C(=O)NCc1cc(C#CCO)ccc1F. The first-order chi connectivity index (χ1) is 8.84. The van der Waals surface area contributed by atoms with Gasteiger partial charge in [0.05, 0.1) is 0 Å². The Morgan fingerprint density at radius 3 is 2.68 bits per heavy atom. The van der Waals surface area contributed by atoms with Gasteiger partial charge in [0.25, 0.3) is 0 Å². The lowest BCUT2D eigenvalue weighted by Gasteiger charge is -2.17. The molecule has 1 aromatic carbocycles. The molecule has 0 saturated carbocycles. The summed E-state index contributed by atoms with van der Waals surface area (Å²) in [5.41, 5.74) is 0.475. The minimum atomic E-state index is -0.509. The molecule has 102 valence electrons. The molecule has 0 radical (unpaired) electrons. The zero-order valence-electron chi connectivity index (χ0n) is 11.4. The maximum atomic E-state index is 13.6. The van der Waals surface area contributed by atoms with E-state index in [0.29, 0.717) is 11.1 Å². The van der Waals surface area contributed by atoms with Gasteiger partial charge in [0.2, 0.25) is 5.91 Å². The minimum absolute atomic E-state index is 0.122. The van der Waals surface area contributed by atoms with Crippen LogP contribution in [0.3, 0.4) is 0 Å². The lowest BCUT2D eigenvalue weighted by Crippen LogP contribution is -2.34. The van der Waals surface area contributed by atoms with E-state index < -0.39 is 5.41 Å². The van der Waals surface area contributed by atoms with Crippen molar-refractivity contribution in [3.63, 3.8) is 0 Å². The summed E-state index contributed by atoms with van der Waals surface area (Å²) in [6.45, 7) is 5.26. The second-order valence-electron chi connectivity index (χ2n) is 5.20. The highest BCUT2D eigenvalue weighted by Gasteiger charge is 2.20. The van der Waals surface area contributed by atoms with Gasteiger partial charge in [-0.3, -0.25) is 4.79 Å². The number of halogens is 1. The zero-order valence-corrected chi connectivity index (χ0v) is 11.4. The summed E-state index contributed by atoms with van der Waals surface area (Å²) in [6.07, 6.45) is 0. The Balaban J connectivity index is 2.80. The number of aliphatic hydroxyl groups is 1. The van der Waals surface area contributed by atoms with E-state index in [1.807, 2.05) is 0 Å². The third-order valence-corrected chi connectivity index (χ3v) is 2.48. The summed E-state index contributed by atoms with van der Waals surface area (Å²) in [5.74, 6) is 4.67. The summed E-state index contributed by atoms with van der Waals surface area (Å²) in [7, 11) is 0. The highest BCUT2D eigenvalue weighted by Crippen LogP contribution is 2.14. The molecule has 0 aliphatic rings. The van der Waals surface area contributed by atoms with Crippen LogP contribution in [0.25, 0.3) is 0 Å². The second kappa shape index (κ2) is 6.35. The molecule has 0 bridgehead atoms. The molecule has 0 aliphatic heterocycles. The van der Waals surface area contributed by atoms with Crippen molar-refractivity contribution in [2.75, 3.05) is 6.61 Å². The predicted molar refractivity (Wildman–Crippen MR) is 71.7 cm³/mol. The summed E-state index contributed by atoms with van der Waals surface area (Å²) in [5, 5.41) is 11.3. The number of rotatable bonds is 2. The fourth-order valence-corrected chi connectivity index (χ4v) is 1.37. The molecule has 3 nitrogen and oxygen atoms in total. The van der Waals surface area contributed by atoms with Crippen LogP contribution in [0, 0.1) is 23.1 Å². The van der Waals surface area contributed by atoms with Gasteiger partial charge in [-0.15, -0.1) is 0 Å². The number of carbonyl (C=O) groups excluding carboxylic acids is 1. The number of hydrogen-bond donors (Lipinski definition) is 2. The van der Waals surface area contributed by atoms with Gasteiger partial charge in [-0.05, 0) is 18.2 Å². The van der Waals surface area contributed by atoms with E-state index in [0.717, 1.165) is 0 Å². The molecule has 1 amide bonds. The molecule has 0 aromatic heterocycles. The number of aliphatic hydroxyl groups excluding tert-OH is 1. The van der Waals surface area contributed by atoms with Crippen LogP contribution in [0.1, 0.15) is 31.9 Å². The Morgan fingerprint density at radius 2 is 2.11 bits per heavy atom. The molecule has 4 heteroatoms. The molecule has 0 saturated heterocycles. The number of carbonyl (C=O) groups is 1. The smallest absolute Gasteiger partial charge is 0.225 e. The lowest BCUT2D eigenvalue weighted by atomic mass is 9.95. The molecule has 0 aliphatic carbocycles. The topological polar surface area (TPSA) is 49.3 Å². The molecule has 0 spiro atoms. The van der Waals surface area contributed by atoms with Gasteiger partial charge in [-0.1, -0.05) is 32.6 Å². The first kappa shape index (κ1) is 15.2.